The Balaban J connectivity index is 1.47. The van der Waals surface area contributed by atoms with Crippen molar-refractivity contribution in [2.75, 3.05) is 19.6 Å². The van der Waals surface area contributed by atoms with Gasteiger partial charge in [-0.2, -0.15) is 0 Å². The Labute approximate surface area is 158 Å². The van der Waals surface area contributed by atoms with Crippen LogP contribution in [0.15, 0.2) is 24.5 Å². The topological polar surface area (TPSA) is 36.4 Å². The number of pyridine rings is 1. The van der Waals surface area contributed by atoms with E-state index in [-0.39, 0.29) is 5.92 Å². The lowest BCUT2D eigenvalue weighted by molar-refractivity contribution is -0.145. The van der Waals surface area contributed by atoms with Crippen LogP contribution < -0.4 is 0 Å². The smallest absolute Gasteiger partial charge is 0.225 e. The lowest BCUT2D eigenvalue weighted by atomic mass is 9.60. The van der Waals surface area contributed by atoms with Crippen LogP contribution >= 0.6 is 0 Å². The minimum absolute atomic E-state index is 0.116. The zero-order valence-corrected chi connectivity index (χ0v) is 16.4. The molecule has 1 spiro atoms. The zero-order chi connectivity index (χ0) is 18.1. The third kappa shape index (κ3) is 3.17. The number of aromatic nitrogens is 1. The maximum atomic E-state index is 12.3. The Hall–Kier alpha value is -1.42. The molecule has 4 heteroatoms. The van der Waals surface area contributed by atoms with Gasteiger partial charge in [0, 0.05) is 55.4 Å². The number of hydrogen-bond donors (Lipinski definition) is 0. The Bertz CT molecular complexity index is 616. The molecule has 3 fully saturated rings. The number of carbonyl (C=O) groups excluding carboxylic acids is 1. The molecule has 1 unspecified atom stereocenters. The van der Waals surface area contributed by atoms with Crippen LogP contribution in [0.25, 0.3) is 0 Å². The van der Waals surface area contributed by atoms with Crippen molar-refractivity contribution in [2.24, 2.45) is 11.3 Å². The highest BCUT2D eigenvalue weighted by atomic mass is 16.2. The summed E-state index contributed by atoms with van der Waals surface area (Å²) in [6, 6.07) is 5.63. The molecule has 1 saturated carbocycles. The molecule has 3 heterocycles. The summed E-state index contributed by atoms with van der Waals surface area (Å²) in [6.45, 7) is 7.12. The van der Waals surface area contributed by atoms with E-state index in [0.717, 1.165) is 25.9 Å². The lowest BCUT2D eigenvalue weighted by Gasteiger charge is -2.63. The van der Waals surface area contributed by atoms with Gasteiger partial charge in [-0.15, -0.1) is 0 Å². The molecule has 3 aliphatic rings. The fourth-order valence-electron chi connectivity index (χ4n) is 5.68. The highest BCUT2D eigenvalue weighted by molar-refractivity contribution is 5.78. The number of carbonyl (C=O) groups is 1. The molecular weight excluding hydrogens is 322 g/mol. The molecule has 4 rings (SSSR count). The van der Waals surface area contributed by atoms with Crippen molar-refractivity contribution in [1.82, 2.24) is 14.8 Å². The van der Waals surface area contributed by atoms with E-state index in [0.29, 0.717) is 23.4 Å². The standard InChI is InChI=1S/C22H33N3O/c1-17(2)21(26)24-14-8-19(9-15-24)25-16-22(10-4-3-5-11-22)20(25)18-6-12-23-13-7-18/h6-7,12-13,17,19-20H,3-5,8-11,14-16H2,1-2H3. The summed E-state index contributed by atoms with van der Waals surface area (Å²) in [5.74, 6) is 0.437. The van der Waals surface area contributed by atoms with E-state index in [1.165, 1.54) is 44.2 Å². The first-order chi connectivity index (χ1) is 12.6. The molecule has 1 aromatic rings. The van der Waals surface area contributed by atoms with Crippen LogP contribution in [0.5, 0.6) is 0 Å². The molecular formula is C22H33N3O. The second kappa shape index (κ2) is 7.30. The van der Waals surface area contributed by atoms with Gasteiger partial charge in [0.2, 0.25) is 5.91 Å². The first-order valence-electron chi connectivity index (χ1n) is 10.6. The number of rotatable bonds is 3. The van der Waals surface area contributed by atoms with Gasteiger partial charge < -0.3 is 4.90 Å². The zero-order valence-electron chi connectivity index (χ0n) is 16.4. The van der Waals surface area contributed by atoms with Gasteiger partial charge in [-0.3, -0.25) is 14.7 Å². The highest BCUT2D eigenvalue weighted by Gasteiger charge is 2.54. The minimum atomic E-state index is 0.116. The average Bonchev–Trinajstić information content (AvgIpc) is 2.67. The van der Waals surface area contributed by atoms with E-state index >= 15 is 0 Å². The van der Waals surface area contributed by atoms with Crippen molar-refractivity contribution in [3.8, 4) is 0 Å². The number of hydrogen-bond acceptors (Lipinski definition) is 3. The van der Waals surface area contributed by atoms with Gasteiger partial charge in [0.1, 0.15) is 0 Å². The summed E-state index contributed by atoms with van der Waals surface area (Å²) in [6.07, 6.45) is 13.1. The van der Waals surface area contributed by atoms with Gasteiger partial charge in [0.05, 0.1) is 0 Å². The summed E-state index contributed by atoms with van der Waals surface area (Å²) in [4.78, 5) is 21.4. The van der Waals surface area contributed by atoms with Crippen molar-refractivity contribution in [2.45, 2.75) is 70.9 Å². The Morgan fingerprint density at radius 3 is 2.38 bits per heavy atom. The number of nitrogens with zero attached hydrogens (tertiary/aromatic N) is 3. The fourth-order valence-corrected chi connectivity index (χ4v) is 5.68. The molecule has 0 radical (unpaired) electrons. The summed E-state index contributed by atoms with van der Waals surface area (Å²) in [7, 11) is 0. The number of amides is 1. The number of likely N-dealkylation sites (tertiary alicyclic amines) is 2. The molecule has 1 aliphatic carbocycles. The first kappa shape index (κ1) is 18.0. The van der Waals surface area contributed by atoms with Crippen molar-refractivity contribution in [1.29, 1.82) is 0 Å². The fraction of sp³-hybridized carbons (Fsp3) is 0.727. The van der Waals surface area contributed by atoms with Crippen molar-refractivity contribution < 1.29 is 4.79 Å². The van der Waals surface area contributed by atoms with Crippen LogP contribution in [0.4, 0.5) is 0 Å². The molecule has 2 saturated heterocycles. The molecule has 0 N–H and O–H groups in total. The van der Waals surface area contributed by atoms with Gasteiger partial charge in [-0.25, -0.2) is 0 Å². The Morgan fingerprint density at radius 2 is 1.77 bits per heavy atom. The maximum Gasteiger partial charge on any atom is 0.225 e. The summed E-state index contributed by atoms with van der Waals surface area (Å²) >= 11 is 0. The molecule has 0 aromatic carbocycles. The number of piperidine rings is 1. The SMILES string of the molecule is CC(C)C(=O)N1CCC(N2CC3(CCCCC3)C2c2ccncc2)CC1. The molecule has 1 atom stereocenters. The van der Waals surface area contributed by atoms with Crippen LogP contribution in [0.2, 0.25) is 0 Å². The summed E-state index contributed by atoms with van der Waals surface area (Å²) < 4.78 is 0. The van der Waals surface area contributed by atoms with Crippen LogP contribution in [0, 0.1) is 11.3 Å². The van der Waals surface area contributed by atoms with Gasteiger partial charge in [-0.1, -0.05) is 33.1 Å². The molecule has 2 aliphatic heterocycles. The van der Waals surface area contributed by atoms with Crippen LogP contribution in [0.1, 0.15) is 70.4 Å². The predicted molar refractivity (Wildman–Crippen MR) is 104 cm³/mol. The molecule has 142 valence electrons. The van der Waals surface area contributed by atoms with E-state index in [1.54, 1.807) is 0 Å². The average molecular weight is 356 g/mol. The first-order valence-corrected chi connectivity index (χ1v) is 10.6. The van der Waals surface area contributed by atoms with Gasteiger partial charge >= 0.3 is 0 Å². The summed E-state index contributed by atoms with van der Waals surface area (Å²) in [5.41, 5.74) is 1.94. The lowest BCUT2D eigenvalue weighted by Crippen LogP contribution is -2.64. The predicted octanol–water partition coefficient (Wildman–Crippen LogP) is 4.04. The van der Waals surface area contributed by atoms with E-state index in [1.807, 2.05) is 26.2 Å². The Morgan fingerprint density at radius 1 is 1.12 bits per heavy atom. The van der Waals surface area contributed by atoms with Crippen molar-refractivity contribution in [3.63, 3.8) is 0 Å². The molecule has 0 bridgehead atoms. The van der Waals surface area contributed by atoms with E-state index in [9.17, 15) is 4.79 Å². The minimum Gasteiger partial charge on any atom is -0.342 e. The molecule has 4 nitrogen and oxygen atoms in total. The molecule has 1 amide bonds. The quantitative estimate of drug-likeness (QED) is 0.821. The molecule has 1 aromatic heterocycles. The van der Waals surface area contributed by atoms with Crippen LogP contribution in [0.3, 0.4) is 0 Å². The monoisotopic (exact) mass is 355 g/mol. The van der Waals surface area contributed by atoms with Gasteiger partial charge in [0.25, 0.3) is 0 Å². The van der Waals surface area contributed by atoms with Gasteiger partial charge in [-0.05, 0) is 43.4 Å². The van der Waals surface area contributed by atoms with Crippen LogP contribution in [-0.2, 0) is 4.79 Å². The second-order valence-corrected chi connectivity index (χ2v) is 8.99. The third-order valence-electron chi connectivity index (χ3n) is 7.02. The van der Waals surface area contributed by atoms with E-state index in [4.69, 9.17) is 0 Å². The van der Waals surface area contributed by atoms with E-state index < -0.39 is 0 Å². The largest absolute Gasteiger partial charge is 0.342 e. The summed E-state index contributed by atoms with van der Waals surface area (Å²) in [5, 5.41) is 0. The van der Waals surface area contributed by atoms with E-state index in [2.05, 4.69) is 26.9 Å². The third-order valence-corrected chi connectivity index (χ3v) is 7.02. The highest BCUT2D eigenvalue weighted by Crippen LogP contribution is 2.58. The normalized spacial score (nSPS) is 26.9. The maximum absolute atomic E-state index is 12.3. The second-order valence-electron chi connectivity index (χ2n) is 8.99. The van der Waals surface area contributed by atoms with Crippen molar-refractivity contribution >= 4 is 5.91 Å². The van der Waals surface area contributed by atoms with Crippen LogP contribution in [-0.4, -0.2) is 46.4 Å². The Kier molecular flexibility index (Phi) is 5.05. The molecule has 26 heavy (non-hydrogen) atoms. The van der Waals surface area contributed by atoms with Crippen molar-refractivity contribution in [3.05, 3.63) is 30.1 Å². The van der Waals surface area contributed by atoms with Gasteiger partial charge in [0.15, 0.2) is 0 Å².